The summed E-state index contributed by atoms with van der Waals surface area (Å²) in [4.78, 5) is 29.1. The van der Waals surface area contributed by atoms with E-state index in [0.717, 1.165) is 17.8 Å². The Bertz CT molecular complexity index is 1210. The highest BCUT2D eigenvalue weighted by Gasteiger charge is 2.18. The van der Waals surface area contributed by atoms with Gasteiger partial charge in [0.05, 0.1) is 11.0 Å². The van der Waals surface area contributed by atoms with E-state index in [2.05, 4.69) is 24.1 Å². The number of hydrogen-bond donors (Lipinski definition) is 1. The first-order chi connectivity index (χ1) is 12.9. The van der Waals surface area contributed by atoms with Crippen LogP contribution in [-0.4, -0.2) is 19.9 Å². The predicted octanol–water partition coefficient (Wildman–Crippen LogP) is 3.23. The highest BCUT2D eigenvalue weighted by molar-refractivity contribution is 6.08. The van der Waals surface area contributed by atoms with Crippen molar-refractivity contribution >= 4 is 28.2 Å². The van der Waals surface area contributed by atoms with E-state index in [1.54, 1.807) is 25.2 Å². The zero-order valence-corrected chi connectivity index (χ0v) is 15.4. The van der Waals surface area contributed by atoms with Crippen LogP contribution in [-0.2, 0) is 13.5 Å². The average molecular weight is 364 g/mol. The number of imidazole rings is 1. The van der Waals surface area contributed by atoms with Gasteiger partial charge in [-0.15, -0.1) is 0 Å². The van der Waals surface area contributed by atoms with Crippen molar-refractivity contribution in [3.8, 4) is 0 Å². The van der Waals surface area contributed by atoms with Gasteiger partial charge in [0.15, 0.2) is 11.3 Å². The summed E-state index contributed by atoms with van der Waals surface area (Å²) >= 11 is 0. The quantitative estimate of drug-likeness (QED) is 0.603. The third-order valence-corrected chi connectivity index (χ3v) is 4.48. The Balaban J connectivity index is 1.70. The Morgan fingerprint density at radius 2 is 2.04 bits per heavy atom. The van der Waals surface area contributed by atoms with E-state index >= 15 is 0 Å². The summed E-state index contributed by atoms with van der Waals surface area (Å²) in [6.07, 6.45) is 2.70. The number of nitrogens with one attached hydrogen (secondary N) is 1. The van der Waals surface area contributed by atoms with Gasteiger partial charge in [-0.25, -0.2) is 9.78 Å². The summed E-state index contributed by atoms with van der Waals surface area (Å²) in [5, 5.41) is 2.85. The van der Waals surface area contributed by atoms with Gasteiger partial charge in [0, 0.05) is 31.4 Å². The first kappa shape index (κ1) is 17.1. The van der Waals surface area contributed by atoms with Crippen molar-refractivity contribution in [1.29, 1.82) is 0 Å². The van der Waals surface area contributed by atoms with Crippen LogP contribution in [0.5, 0.6) is 0 Å². The summed E-state index contributed by atoms with van der Waals surface area (Å²) in [6.45, 7) is 4.24. The molecule has 0 saturated carbocycles. The second kappa shape index (κ2) is 6.42. The maximum Gasteiger partial charge on any atom is 0.419 e. The number of carbonyl (C=O) groups excluding carboxylic acids is 1. The van der Waals surface area contributed by atoms with Crippen molar-refractivity contribution in [3.05, 3.63) is 64.7 Å². The SMILES string of the molecule is CC(C)Cc1nc(C(=O)Nc2ccc3c(c2)oc(=O)n3C)c2ccccn12. The lowest BCUT2D eigenvalue weighted by atomic mass is 10.1. The molecule has 0 aliphatic rings. The summed E-state index contributed by atoms with van der Waals surface area (Å²) in [5.41, 5.74) is 2.78. The number of fused-ring (bicyclic) bond motifs is 2. The van der Waals surface area contributed by atoms with E-state index in [9.17, 15) is 9.59 Å². The molecule has 0 saturated heterocycles. The smallest absolute Gasteiger partial charge is 0.408 e. The molecular weight excluding hydrogens is 344 g/mol. The molecule has 0 aliphatic carbocycles. The minimum Gasteiger partial charge on any atom is -0.408 e. The van der Waals surface area contributed by atoms with Crippen LogP contribution < -0.4 is 11.1 Å². The molecule has 0 fully saturated rings. The lowest BCUT2D eigenvalue weighted by molar-refractivity contribution is 0.102. The maximum atomic E-state index is 12.9. The molecule has 0 atom stereocenters. The van der Waals surface area contributed by atoms with Crippen molar-refractivity contribution in [2.45, 2.75) is 20.3 Å². The Morgan fingerprint density at radius 3 is 2.81 bits per heavy atom. The number of pyridine rings is 1. The molecule has 7 nitrogen and oxygen atoms in total. The van der Waals surface area contributed by atoms with Gasteiger partial charge in [-0.05, 0) is 30.2 Å². The second-order valence-corrected chi connectivity index (χ2v) is 6.99. The third-order valence-electron chi connectivity index (χ3n) is 4.48. The van der Waals surface area contributed by atoms with Crippen molar-refractivity contribution in [2.75, 3.05) is 5.32 Å². The molecule has 138 valence electrons. The molecule has 0 aliphatic heterocycles. The Kier molecular flexibility index (Phi) is 4.07. The van der Waals surface area contributed by atoms with Crippen LogP contribution in [0.25, 0.3) is 16.6 Å². The first-order valence-corrected chi connectivity index (χ1v) is 8.81. The Hall–Kier alpha value is -3.35. The fourth-order valence-corrected chi connectivity index (χ4v) is 3.18. The number of aromatic nitrogens is 3. The van der Waals surface area contributed by atoms with Gasteiger partial charge in [0.2, 0.25) is 0 Å². The zero-order valence-electron chi connectivity index (χ0n) is 15.4. The van der Waals surface area contributed by atoms with Crippen molar-refractivity contribution in [1.82, 2.24) is 14.0 Å². The van der Waals surface area contributed by atoms with Gasteiger partial charge in [-0.2, -0.15) is 0 Å². The van der Waals surface area contributed by atoms with Crippen LogP contribution in [0.2, 0.25) is 0 Å². The summed E-state index contributed by atoms with van der Waals surface area (Å²) in [7, 11) is 1.64. The molecule has 3 aromatic heterocycles. The summed E-state index contributed by atoms with van der Waals surface area (Å²) < 4.78 is 8.55. The lowest BCUT2D eigenvalue weighted by Crippen LogP contribution is -2.13. The third kappa shape index (κ3) is 3.01. The number of oxazole rings is 1. The molecule has 27 heavy (non-hydrogen) atoms. The van der Waals surface area contributed by atoms with Crippen molar-refractivity contribution in [3.63, 3.8) is 0 Å². The highest BCUT2D eigenvalue weighted by atomic mass is 16.4. The molecule has 0 bridgehead atoms. The van der Waals surface area contributed by atoms with E-state index in [0.29, 0.717) is 28.4 Å². The minimum atomic E-state index is -0.438. The largest absolute Gasteiger partial charge is 0.419 e. The number of anilines is 1. The number of benzene rings is 1. The molecule has 3 heterocycles. The summed E-state index contributed by atoms with van der Waals surface area (Å²) in [6, 6.07) is 10.8. The van der Waals surface area contributed by atoms with Gasteiger partial charge >= 0.3 is 5.76 Å². The maximum absolute atomic E-state index is 12.9. The number of hydrogen-bond acceptors (Lipinski definition) is 4. The van der Waals surface area contributed by atoms with Crippen molar-refractivity contribution in [2.24, 2.45) is 13.0 Å². The fourth-order valence-electron chi connectivity index (χ4n) is 3.18. The van der Waals surface area contributed by atoms with Gasteiger partial charge in [0.1, 0.15) is 5.82 Å². The number of aryl methyl sites for hydroxylation is 1. The molecule has 7 heteroatoms. The van der Waals surface area contributed by atoms with Crippen LogP contribution in [0.4, 0.5) is 5.69 Å². The Morgan fingerprint density at radius 1 is 1.22 bits per heavy atom. The fraction of sp³-hybridized carbons (Fsp3) is 0.250. The molecule has 0 radical (unpaired) electrons. The van der Waals surface area contributed by atoms with E-state index in [1.165, 1.54) is 4.57 Å². The van der Waals surface area contributed by atoms with Crippen LogP contribution in [0.1, 0.15) is 30.2 Å². The monoisotopic (exact) mass is 364 g/mol. The topological polar surface area (TPSA) is 81.5 Å². The average Bonchev–Trinajstić information content (AvgIpc) is 3.13. The second-order valence-electron chi connectivity index (χ2n) is 6.99. The zero-order chi connectivity index (χ0) is 19.1. The van der Waals surface area contributed by atoms with E-state index < -0.39 is 5.76 Å². The number of rotatable bonds is 4. The molecular formula is C20H20N4O3. The van der Waals surface area contributed by atoms with Crippen LogP contribution in [0.3, 0.4) is 0 Å². The summed E-state index contributed by atoms with van der Waals surface area (Å²) in [5.74, 6) is 0.545. The Labute approximate surface area is 155 Å². The first-order valence-electron chi connectivity index (χ1n) is 8.81. The molecule has 0 unspecified atom stereocenters. The van der Waals surface area contributed by atoms with Crippen molar-refractivity contribution < 1.29 is 9.21 Å². The standard InChI is InChI=1S/C20H20N4O3/c1-12(2)10-17-22-18(15-6-4-5-9-24(15)17)19(25)21-13-7-8-14-16(11-13)27-20(26)23(14)3/h4-9,11-12H,10H2,1-3H3,(H,21,25). The molecule has 1 aromatic carbocycles. The normalized spacial score (nSPS) is 11.6. The molecule has 1 N–H and O–H groups in total. The highest BCUT2D eigenvalue weighted by Crippen LogP contribution is 2.20. The van der Waals surface area contributed by atoms with Gasteiger partial charge < -0.3 is 14.1 Å². The number of amides is 1. The van der Waals surface area contributed by atoms with Gasteiger partial charge in [-0.1, -0.05) is 19.9 Å². The van der Waals surface area contributed by atoms with E-state index in [-0.39, 0.29) is 5.91 Å². The minimum absolute atomic E-state index is 0.300. The number of carbonyl (C=O) groups is 1. The molecule has 1 amide bonds. The van der Waals surface area contributed by atoms with Gasteiger partial charge in [0.25, 0.3) is 5.91 Å². The van der Waals surface area contributed by atoms with Crippen LogP contribution in [0.15, 0.2) is 51.8 Å². The molecule has 0 spiro atoms. The van der Waals surface area contributed by atoms with E-state index in [1.807, 2.05) is 28.8 Å². The predicted molar refractivity (Wildman–Crippen MR) is 103 cm³/mol. The lowest BCUT2D eigenvalue weighted by Gasteiger charge is -2.03. The van der Waals surface area contributed by atoms with E-state index in [4.69, 9.17) is 4.42 Å². The molecule has 4 rings (SSSR count). The van der Waals surface area contributed by atoms with Crippen LogP contribution in [0, 0.1) is 5.92 Å². The number of nitrogens with zero attached hydrogens (tertiary/aromatic N) is 3. The van der Waals surface area contributed by atoms with Gasteiger partial charge in [-0.3, -0.25) is 9.36 Å². The molecule has 4 aromatic rings. The van der Waals surface area contributed by atoms with Crippen LogP contribution >= 0.6 is 0 Å².